The number of nitrogens with one attached hydrogen (secondary N) is 1. The minimum atomic E-state index is -0.360. The Bertz CT molecular complexity index is 299. The summed E-state index contributed by atoms with van der Waals surface area (Å²) in [6.07, 6.45) is 3.04. The van der Waals surface area contributed by atoms with Crippen LogP contribution >= 0.6 is 0 Å². The molecule has 0 spiro atoms. The molecule has 16 heavy (non-hydrogen) atoms. The van der Waals surface area contributed by atoms with Gasteiger partial charge in [-0.3, -0.25) is 9.59 Å². The highest BCUT2D eigenvalue weighted by Gasteiger charge is 2.32. The third-order valence-corrected chi connectivity index (χ3v) is 3.60. The van der Waals surface area contributed by atoms with Crippen molar-refractivity contribution >= 4 is 11.8 Å². The fourth-order valence-corrected chi connectivity index (χ4v) is 2.34. The number of amides is 2. The molecule has 0 bridgehead atoms. The standard InChI is InChI=1S/C12H20N2O2/c1-8(10-3-4-10)7-14-6-5-11(15)13-9(2)12(14)16/h8-10H,3-7H2,1-2H3,(H,13,15). The van der Waals surface area contributed by atoms with Gasteiger partial charge in [0.05, 0.1) is 0 Å². The maximum absolute atomic E-state index is 12.0. The van der Waals surface area contributed by atoms with Gasteiger partial charge >= 0.3 is 0 Å². The molecular weight excluding hydrogens is 204 g/mol. The molecule has 1 aliphatic heterocycles. The lowest BCUT2D eigenvalue weighted by atomic mass is 10.1. The summed E-state index contributed by atoms with van der Waals surface area (Å²) in [6, 6.07) is -0.360. The van der Waals surface area contributed by atoms with Crippen LogP contribution in [0.1, 0.15) is 33.1 Å². The van der Waals surface area contributed by atoms with E-state index in [2.05, 4.69) is 12.2 Å². The lowest BCUT2D eigenvalue weighted by molar-refractivity contribution is -0.133. The zero-order chi connectivity index (χ0) is 11.7. The summed E-state index contributed by atoms with van der Waals surface area (Å²) in [7, 11) is 0. The Hall–Kier alpha value is -1.06. The SMILES string of the molecule is CC1NC(=O)CCN(CC(C)C2CC2)C1=O. The van der Waals surface area contributed by atoms with E-state index in [1.165, 1.54) is 12.8 Å². The van der Waals surface area contributed by atoms with Gasteiger partial charge in [0, 0.05) is 19.5 Å². The van der Waals surface area contributed by atoms with Crippen molar-refractivity contribution in [3.8, 4) is 0 Å². The molecule has 1 saturated carbocycles. The minimum Gasteiger partial charge on any atom is -0.345 e. The van der Waals surface area contributed by atoms with Crippen molar-refractivity contribution < 1.29 is 9.59 Å². The Labute approximate surface area is 96.4 Å². The van der Waals surface area contributed by atoms with Crippen LogP contribution in [0, 0.1) is 11.8 Å². The number of rotatable bonds is 3. The van der Waals surface area contributed by atoms with Crippen LogP contribution in [0.2, 0.25) is 0 Å². The summed E-state index contributed by atoms with van der Waals surface area (Å²) >= 11 is 0. The second-order valence-electron chi connectivity index (χ2n) is 5.14. The van der Waals surface area contributed by atoms with Gasteiger partial charge in [-0.25, -0.2) is 0 Å². The third kappa shape index (κ3) is 2.54. The first-order chi connectivity index (χ1) is 7.58. The van der Waals surface area contributed by atoms with Gasteiger partial charge in [0.1, 0.15) is 6.04 Å². The fraction of sp³-hybridized carbons (Fsp3) is 0.833. The van der Waals surface area contributed by atoms with E-state index in [9.17, 15) is 9.59 Å². The van der Waals surface area contributed by atoms with E-state index in [1.807, 2.05) is 4.90 Å². The van der Waals surface area contributed by atoms with Gasteiger partial charge in [-0.2, -0.15) is 0 Å². The Morgan fingerprint density at radius 3 is 2.75 bits per heavy atom. The molecule has 0 aromatic rings. The van der Waals surface area contributed by atoms with Crippen molar-refractivity contribution in [2.24, 2.45) is 11.8 Å². The number of hydrogen-bond acceptors (Lipinski definition) is 2. The Morgan fingerprint density at radius 2 is 2.12 bits per heavy atom. The van der Waals surface area contributed by atoms with Gasteiger partial charge in [-0.1, -0.05) is 6.92 Å². The zero-order valence-electron chi connectivity index (χ0n) is 10.0. The predicted molar refractivity (Wildman–Crippen MR) is 60.7 cm³/mol. The number of hydrogen-bond donors (Lipinski definition) is 1. The molecule has 0 aromatic carbocycles. The number of carbonyl (C=O) groups excluding carboxylic acids is 2. The summed E-state index contributed by atoms with van der Waals surface area (Å²) in [4.78, 5) is 25.2. The molecule has 90 valence electrons. The molecule has 2 atom stereocenters. The summed E-state index contributed by atoms with van der Waals surface area (Å²) in [5.74, 6) is 1.43. The van der Waals surface area contributed by atoms with E-state index >= 15 is 0 Å². The van der Waals surface area contributed by atoms with Gasteiger partial charge in [0.25, 0.3) is 0 Å². The van der Waals surface area contributed by atoms with Gasteiger partial charge in [-0.15, -0.1) is 0 Å². The maximum Gasteiger partial charge on any atom is 0.244 e. The van der Waals surface area contributed by atoms with Crippen molar-refractivity contribution in [1.82, 2.24) is 10.2 Å². The molecule has 0 radical (unpaired) electrons. The smallest absolute Gasteiger partial charge is 0.244 e. The van der Waals surface area contributed by atoms with Gasteiger partial charge < -0.3 is 10.2 Å². The molecule has 2 unspecified atom stereocenters. The first kappa shape index (κ1) is 11.4. The molecule has 1 saturated heterocycles. The second kappa shape index (κ2) is 4.44. The Kier molecular flexibility index (Phi) is 3.17. The monoisotopic (exact) mass is 224 g/mol. The van der Waals surface area contributed by atoms with E-state index in [0.717, 1.165) is 12.5 Å². The molecule has 2 rings (SSSR count). The highest BCUT2D eigenvalue weighted by Crippen LogP contribution is 2.36. The first-order valence-electron chi connectivity index (χ1n) is 6.16. The second-order valence-corrected chi connectivity index (χ2v) is 5.14. The van der Waals surface area contributed by atoms with Crippen molar-refractivity contribution in [3.05, 3.63) is 0 Å². The lowest BCUT2D eigenvalue weighted by Gasteiger charge is -2.25. The summed E-state index contributed by atoms with van der Waals surface area (Å²) in [5.41, 5.74) is 0. The Morgan fingerprint density at radius 1 is 1.44 bits per heavy atom. The minimum absolute atomic E-state index is 0.0116. The van der Waals surface area contributed by atoms with Gasteiger partial charge in [0.15, 0.2) is 0 Å². The van der Waals surface area contributed by atoms with Crippen LogP contribution in [0.5, 0.6) is 0 Å². The molecule has 0 aromatic heterocycles. The highest BCUT2D eigenvalue weighted by molar-refractivity contribution is 5.89. The average molecular weight is 224 g/mol. The number of nitrogens with zero attached hydrogens (tertiary/aromatic N) is 1. The van der Waals surface area contributed by atoms with Gasteiger partial charge in [0.2, 0.25) is 11.8 Å². The molecule has 2 amide bonds. The molecule has 1 aliphatic carbocycles. The predicted octanol–water partition coefficient (Wildman–Crippen LogP) is 0.769. The van der Waals surface area contributed by atoms with E-state index < -0.39 is 0 Å². The molecule has 4 heteroatoms. The summed E-state index contributed by atoms with van der Waals surface area (Å²) < 4.78 is 0. The zero-order valence-corrected chi connectivity index (χ0v) is 10.0. The van der Waals surface area contributed by atoms with Gasteiger partial charge in [-0.05, 0) is 31.6 Å². The van der Waals surface area contributed by atoms with E-state index in [0.29, 0.717) is 18.9 Å². The van der Waals surface area contributed by atoms with Crippen LogP contribution in [0.25, 0.3) is 0 Å². The molecule has 1 N–H and O–H groups in total. The third-order valence-electron chi connectivity index (χ3n) is 3.60. The topological polar surface area (TPSA) is 49.4 Å². The Balaban J connectivity index is 1.95. The fourth-order valence-electron chi connectivity index (χ4n) is 2.34. The molecule has 2 fully saturated rings. The van der Waals surface area contributed by atoms with Crippen LogP contribution < -0.4 is 5.32 Å². The molecule has 1 heterocycles. The quantitative estimate of drug-likeness (QED) is 0.769. The van der Waals surface area contributed by atoms with E-state index in [4.69, 9.17) is 0 Å². The average Bonchev–Trinajstić information content (AvgIpc) is 3.05. The summed E-state index contributed by atoms with van der Waals surface area (Å²) in [5, 5.41) is 2.71. The van der Waals surface area contributed by atoms with Crippen LogP contribution in [0.15, 0.2) is 0 Å². The molecule has 4 nitrogen and oxygen atoms in total. The van der Waals surface area contributed by atoms with Crippen molar-refractivity contribution in [1.29, 1.82) is 0 Å². The lowest BCUT2D eigenvalue weighted by Crippen LogP contribution is -2.44. The molecule has 2 aliphatic rings. The van der Waals surface area contributed by atoms with Crippen molar-refractivity contribution in [2.75, 3.05) is 13.1 Å². The normalized spacial score (nSPS) is 28.6. The highest BCUT2D eigenvalue weighted by atomic mass is 16.2. The number of carbonyl (C=O) groups is 2. The van der Waals surface area contributed by atoms with Crippen LogP contribution in [0.3, 0.4) is 0 Å². The van der Waals surface area contributed by atoms with Crippen LogP contribution in [-0.4, -0.2) is 35.8 Å². The van der Waals surface area contributed by atoms with E-state index in [1.54, 1.807) is 6.92 Å². The van der Waals surface area contributed by atoms with Crippen molar-refractivity contribution in [2.45, 2.75) is 39.2 Å². The van der Waals surface area contributed by atoms with Crippen LogP contribution in [-0.2, 0) is 9.59 Å². The first-order valence-corrected chi connectivity index (χ1v) is 6.16. The summed E-state index contributed by atoms with van der Waals surface area (Å²) in [6.45, 7) is 5.35. The van der Waals surface area contributed by atoms with E-state index in [-0.39, 0.29) is 17.9 Å². The maximum atomic E-state index is 12.0. The van der Waals surface area contributed by atoms with Crippen molar-refractivity contribution in [3.63, 3.8) is 0 Å². The molecular formula is C12H20N2O2. The van der Waals surface area contributed by atoms with Crippen LogP contribution in [0.4, 0.5) is 0 Å². The largest absolute Gasteiger partial charge is 0.345 e.